The monoisotopic (exact) mass is 359 g/mol. The Hall–Kier alpha value is -1.18. The molecule has 4 atom stereocenters. The number of rotatable bonds is 1. The van der Waals surface area contributed by atoms with Crippen LogP contribution in [0.1, 0.15) is 36.0 Å². The van der Waals surface area contributed by atoms with Crippen LogP contribution in [-0.4, -0.2) is 65.5 Å². The second-order valence-corrected chi connectivity index (χ2v) is 8.60. The van der Waals surface area contributed by atoms with E-state index in [1.165, 1.54) is 5.56 Å². The van der Waals surface area contributed by atoms with Crippen LogP contribution in [0.15, 0.2) is 12.1 Å². The molecule has 3 heterocycles. The van der Waals surface area contributed by atoms with E-state index in [9.17, 15) is 10.2 Å². The van der Waals surface area contributed by atoms with Gasteiger partial charge in [-0.15, -0.1) is 0 Å². The first-order valence-electron chi connectivity index (χ1n) is 9.69. The van der Waals surface area contributed by atoms with Crippen molar-refractivity contribution >= 4 is 0 Å². The molecule has 3 aliphatic heterocycles. The van der Waals surface area contributed by atoms with Crippen molar-refractivity contribution in [2.24, 2.45) is 0 Å². The number of hydrogen-bond acceptors (Lipinski definition) is 6. The highest BCUT2D eigenvalue weighted by molar-refractivity contribution is 5.60. The van der Waals surface area contributed by atoms with E-state index in [-0.39, 0.29) is 18.8 Å². The van der Waals surface area contributed by atoms with Gasteiger partial charge in [0.2, 0.25) is 5.79 Å². The second-order valence-electron chi connectivity index (χ2n) is 8.60. The molecule has 2 saturated heterocycles. The minimum absolute atomic E-state index is 0.0676. The first-order chi connectivity index (χ1) is 12.6. The third kappa shape index (κ3) is 1.51. The number of aliphatic hydroxyl groups is 2. The Kier molecular flexibility index (Phi) is 2.93. The van der Waals surface area contributed by atoms with Gasteiger partial charge in [0, 0.05) is 23.6 Å². The van der Waals surface area contributed by atoms with Gasteiger partial charge in [-0.25, -0.2) is 0 Å². The van der Waals surface area contributed by atoms with Gasteiger partial charge in [-0.2, -0.15) is 0 Å². The molecule has 6 rings (SSSR count). The Bertz CT molecular complexity index is 791. The number of fused-ring (bicyclic) bond motifs is 1. The Balaban J connectivity index is 1.66. The predicted molar refractivity (Wildman–Crippen MR) is 92.0 cm³/mol. The van der Waals surface area contributed by atoms with Crippen molar-refractivity contribution in [3.63, 3.8) is 0 Å². The van der Waals surface area contributed by atoms with Crippen molar-refractivity contribution in [3.8, 4) is 5.75 Å². The molecule has 0 unspecified atom stereocenters. The molecule has 3 fully saturated rings. The Labute approximate surface area is 152 Å². The summed E-state index contributed by atoms with van der Waals surface area (Å²) in [5.41, 5.74) is 1.74. The molecule has 1 saturated carbocycles. The summed E-state index contributed by atoms with van der Waals surface area (Å²) in [5, 5.41) is 22.0. The first kappa shape index (κ1) is 15.8. The number of nitrogens with zero attached hydrogens (tertiary/aromatic N) is 1. The number of aliphatic hydroxyl groups excluding tert-OH is 1. The Morgan fingerprint density at radius 1 is 1.19 bits per heavy atom. The van der Waals surface area contributed by atoms with Crippen LogP contribution in [-0.2, 0) is 27.9 Å². The van der Waals surface area contributed by atoms with Crippen molar-refractivity contribution in [1.29, 1.82) is 0 Å². The predicted octanol–water partition coefficient (Wildman–Crippen LogP) is 0.706. The zero-order valence-corrected chi connectivity index (χ0v) is 15.0. The molecule has 1 aromatic carbocycles. The first-order valence-corrected chi connectivity index (χ1v) is 9.69. The quantitative estimate of drug-likeness (QED) is 0.769. The minimum Gasteiger partial charge on any atom is -0.483 e. The summed E-state index contributed by atoms with van der Waals surface area (Å²) < 4.78 is 18.8. The van der Waals surface area contributed by atoms with Crippen LogP contribution in [0.25, 0.3) is 0 Å². The van der Waals surface area contributed by atoms with E-state index in [0.29, 0.717) is 26.1 Å². The number of likely N-dealkylation sites (tertiary alicyclic amines) is 1. The number of hydrogen-bond donors (Lipinski definition) is 2. The molecule has 140 valence electrons. The highest BCUT2D eigenvalue weighted by Gasteiger charge is 2.77. The molecule has 0 aromatic heterocycles. The summed E-state index contributed by atoms with van der Waals surface area (Å²) in [7, 11) is 2.11. The number of piperidine rings is 1. The van der Waals surface area contributed by atoms with Gasteiger partial charge in [0.1, 0.15) is 5.75 Å². The SMILES string of the molecule is CN1CC[C@]23c4c5ccc(CO)c4O[C@H]2C2(CC[C@@]3(O)[C@H]1C5)OCCO2. The van der Waals surface area contributed by atoms with E-state index < -0.39 is 16.8 Å². The maximum Gasteiger partial charge on any atom is 0.207 e. The van der Waals surface area contributed by atoms with E-state index in [0.717, 1.165) is 36.3 Å². The third-order valence-corrected chi connectivity index (χ3v) is 7.78. The van der Waals surface area contributed by atoms with Crippen LogP contribution in [0.3, 0.4) is 0 Å². The van der Waals surface area contributed by atoms with Crippen LogP contribution >= 0.6 is 0 Å². The second kappa shape index (κ2) is 4.80. The highest BCUT2D eigenvalue weighted by atomic mass is 16.8. The summed E-state index contributed by atoms with van der Waals surface area (Å²) in [6, 6.07) is 4.14. The average Bonchev–Trinajstić information content (AvgIpc) is 3.24. The van der Waals surface area contributed by atoms with Gasteiger partial charge in [-0.3, -0.25) is 0 Å². The average molecular weight is 359 g/mol. The summed E-state index contributed by atoms with van der Waals surface area (Å²) in [4.78, 5) is 2.30. The van der Waals surface area contributed by atoms with Crippen molar-refractivity contribution in [2.75, 3.05) is 26.8 Å². The molecular formula is C20H25NO5. The van der Waals surface area contributed by atoms with Crippen LogP contribution in [0.2, 0.25) is 0 Å². The van der Waals surface area contributed by atoms with Gasteiger partial charge in [0.05, 0.1) is 30.8 Å². The number of benzene rings is 1. The van der Waals surface area contributed by atoms with Gasteiger partial charge in [-0.1, -0.05) is 12.1 Å². The van der Waals surface area contributed by atoms with Gasteiger partial charge in [0.25, 0.3) is 0 Å². The lowest BCUT2D eigenvalue weighted by Crippen LogP contribution is -2.79. The summed E-state index contributed by atoms with van der Waals surface area (Å²) in [5.74, 6) is -0.0237. The lowest BCUT2D eigenvalue weighted by atomic mass is 9.48. The van der Waals surface area contributed by atoms with E-state index in [2.05, 4.69) is 18.0 Å². The molecule has 5 aliphatic rings. The fourth-order valence-corrected chi connectivity index (χ4v) is 6.67. The van der Waals surface area contributed by atoms with Crippen molar-refractivity contribution < 1.29 is 24.4 Å². The molecule has 6 nitrogen and oxygen atoms in total. The topological polar surface area (TPSA) is 71.4 Å². The fourth-order valence-electron chi connectivity index (χ4n) is 6.67. The molecule has 0 amide bonds. The van der Waals surface area contributed by atoms with Crippen LogP contribution in [0.5, 0.6) is 5.75 Å². The maximum absolute atomic E-state index is 12.1. The molecule has 2 bridgehead atoms. The molecule has 1 aromatic rings. The maximum atomic E-state index is 12.1. The van der Waals surface area contributed by atoms with Gasteiger partial charge >= 0.3 is 0 Å². The van der Waals surface area contributed by atoms with E-state index in [1.54, 1.807) is 0 Å². The van der Waals surface area contributed by atoms with E-state index in [4.69, 9.17) is 14.2 Å². The summed E-state index contributed by atoms with van der Waals surface area (Å²) >= 11 is 0. The highest BCUT2D eigenvalue weighted by Crippen LogP contribution is 2.67. The van der Waals surface area contributed by atoms with Gasteiger partial charge < -0.3 is 29.3 Å². The lowest BCUT2D eigenvalue weighted by Gasteiger charge is -2.64. The van der Waals surface area contributed by atoms with Gasteiger partial charge in [0.15, 0.2) is 6.10 Å². The number of likely N-dealkylation sites (N-methyl/N-ethyl adjacent to an activating group) is 1. The minimum atomic E-state index is -0.864. The van der Waals surface area contributed by atoms with Crippen molar-refractivity contribution in [2.45, 2.75) is 61.2 Å². The fraction of sp³-hybridized carbons (Fsp3) is 0.700. The Morgan fingerprint density at radius 3 is 2.77 bits per heavy atom. The van der Waals surface area contributed by atoms with Crippen LogP contribution in [0.4, 0.5) is 0 Å². The standard InChI is InChI=1S/C20H25NO5/c1-21-7-6-18-15-12-2-3-13(11-22)16(15)26-17(18)20(24-8-9-25-20)5-4-19(18,23)14(21)10-12/h2-3,14,17,22-23H,4-11H2,1H3/t14-,17-,18+,19-/m1/s1. The van der Waals surface area contributed by atoms with E-state index >= 15 is 0 Å². The largest absolute Gasteiger partial charge is 0.483 e. The molecular weight excluding hydrogens is 334 g/mol. The molecule has 26 heavy (non-hydrogen) atoms. The summed E-state index contributed by atoms with van der Waals surface area (Å²) in [6.07, 6.45) is 2.54. The van der Waals surface area contributed by atoms with Crippen LogP contribution in [0, 0.1) is 0 Å². The van der Waals surface area contributed by atoms with Crippen LogP contribution < -0.4 is 4.74 Å². The Morgan fingerprint density at radius 2 is 2.00 bits per heavy atom. The molecule has 6 heteroatoms. The normalized spacial score (nSPS) is 42.0. The molecule has 2 N–H and O–H groups in total. The lowest BCUT2D eigenvalue weighted by molar-refractivity contribution is -0.295. The molecule has 2 spiro atoms. The third-order valence-electron chi connectivity index (χ3n) is 7.78. The zero-order chi connectivity index (χ0) is 17.7. The molecule has 2 aliphatic carbocycles. The smallest absolute Gasteiger partial charge is 0.207 e. The summed E-state index contributed by atoms with van der Waals surface area (Å²) in [6.45, 7) is 1.97. The van der Waals surface area contributed by atoms with Gasteiger partial charge in [-0.05, 0) is 38.4 Å². The van der Waals surface area contributed by atoms with Crippen molar-refractivity contribution in [1.82, 2.24) is 4.90 Å². The van der Waals surface area contributed by atoms with E-state index in [1.807, 2.05) is 6.07 Å². The van der Waals surface area contributed by atoms with Crippen molar-refractivity contribution in [3.05, 3.63) is 28.8 Å². The number of ether oxygens (including phenoxy) is 3. The zero-order valence-electron chi connectivity index (χ0n) is 15.0. The molecule has 0 radical (unpaired) electrons.